The van der Waals surface area contributed by atoms with E-state index in [1.54, 1.807) is 0 Å². The van der Waals surface area contributed by atoms with Gasteiger partial charge in [-0.2, -0.15) is 0 Å². The Balaban J connectivity index is 2.51. The minimum atomic E-state index is -3.63. The Hall–Kier alpha value is -2.79. The Morgan fingerprint density at radius 3 is 2.73 bits per heavy atom. The van der Waals surface area contributed by atoms with Gasteiger partial charge in [-0.15, -0.1) is 0 Å². The summed E-state index contributed by atoms with van der Waals surface area (Å²) in [6.07, 6.45) is 0. The smallest absolute Gasteiger partial charge is 0.267 e. The Kier molecular flexibility index (Phi) is 2.57. The van der Waals surface area contributed by atoms with Crippen molar-refractivity contribution >= 4 is 34.1 Å². The Morgan fingerprint density at radius 1 is 1.38 bits per heavy atom. The number of hydrogen-bond donors (Lipinski definition) is 1. The summed E-state index contributed by atoms with van der Waals surface area (Å²) in [7, 11) is 1.25. The summed E-state index contributed by atoms with van der Waals surface area (Å²) in [5.74, 6) is -2.64. The molecule has 1 amide bonds. The van der Waals surface area contributed by atoms with Crippen molar-refractivity contribution in [1.29, 1.82) is 0 Å². The molecule has 6 heteroatoms. The summed E-state index contributed by atoms with van der Waals surface area (Å²) in [5.41, 5.74) is -3.18. The van der Waals surface area contributed by atoms with Gasteiger partial charge in [0.25, 0.3) is 11.5 Å². The van der Waals surface area contributed by atoms with Crippen molar-refractivity contribution in [3.63, 3.8) is 0 Å². The highest BCUT2D eigenvalue weighted by molar-refractivity contribution is 6.36. The number of rotatable bonds is 3. The molecule has 0 saturated carbocycles. The van der Waals surface area contributed by atoms with E-state index in [2.05, 4.69) is 0 Å². The van der Waals surface area contributed by atoms with Gasteiger partial charge in [0.1, 0.15) is 11.3 Å². The van der Waals surface area contributed by atoms with Gasteiger partial charge in [-0.25, -0.2) is 0 Å². The molecule has 1 aromatic heterocycles. The van der Waals surface area contributed by atoms with E-state index >= 15 is 0 Å². The van der Waals surface area contributed by atoms with E-state index in [1.165, 1.54) is 32.2 Å². The molecule has 0 unspecified atom stereocenters. The van der Waals surface area contributed by atoms with E-state index in [0.717, 1.165) is 4.57 Å². The SMILES string of the molecule is [2H]c1c([2H])c(N(C(=O)c2c(O)c3c(Cl)cccc3n(C)c2=O)C([2H])([2H])C([2H])([2H])[2H])c([2H])c([2H])c1C. The van der Waals surface area contributed by atoms with Crippen LogP contribution in [0.5, 0.6) is 5.75 Å². The molecule has 0 aliphatic heterocycles. The van der Waals surface area contributed by atoms with Crippen molar-refractivity contribution in [3.05, 3.63) is 68.9 Å². The topological polar surface area (TPSA) is 62.5 Å². The average molecular weight is 380 g/mol. The fourth-order valence-electron chi connectivity index (χ4n) is 2.52. The van der Waals surface area contributed by atoms with Crippen LogP contribution in [0.2, 0.25) is 5.02 Å². The van der Waals surface area contributed by atoms with Gasteiger partial charge in [-0.3, -0.25) is 9.59 Å². The second kappa shape index (κ2) is 6.84. The van der Waals surface area contributed by atoms with Crippen LogP contribution in [0.1, 0.15) is 35.1 Å². The number of hydrogen-bond acceptors (Lipinski definition) is 3. The van der Waals surface area contributed by atoms with Crippen molar-refractivity contribution in [1.82, 2.24) is 4.57 Å². The molecular formula is C20H19ClN2O3. The van der Waals surface area contributed by atoms with E-state index in [4.69, 9.17) is 23.9 Å². The van der Waals surface area contributed by atoms with Crippen molar-refractivity contribution in [2.24, 2.45) is 7.05 Å². The molecule has 0 atom stereocenters. The number of fused-ring (bicyclic) bond motifs is 1. The maximum atomic E-state index is 13.7. The number of halogens is 1. The zero-order chi connectivity index (χ0) is 26.8. The molecule has 0 saturated heterocycles. The van der Waals surface area contributed by atoms with Crippen LogP contribution in [-0.4, -0.2) is 22.1 Å². The number of aromatic hydroxyl groups is 1. The third-order valence-electron chi connectivity index (χ3n) is 3.83. The molecule has 26 heavy (non-hydrogen) atoms. The molecule has 1 N–H and O–H groups in total. The first-order valence-corrected chi connectivity index (χ1v) is 7.76. The first kappa shape index (κ1) is 9.78. The first-order valence-electron chi connectivity index (χ1n) is 11.9. The summed E-state index contributed by atoms with van der Waals surface area (Å²) in [6, 6.07) is 1.20. The van der Waals surface area contributed by atoms with Crippen LogP contribution in [0, 0.1) is 6.92 Å². The van der Waals surface area contributed by atoms with Gasteiger partial charge in [-0.05, 0) is 38.0 Å². The van der Waals surface area contributed by atoms with E-state index in [1.807, 2.05) is 0 Å². The van der Waals surface area contributed by atoms with Crippen LogP contribution in [0.25, 0.3) is 10.9 Å². The monoisotopic (exact) mass is 379 g/mol. The maximum absolute atomic E-state index is 13.7. The van der Waals surface area contributed by atoms with Crippen molar-refractivity contribution in [2.75, 3.05) is 11.4 Å². The molecule has 0 bridgehead atoms. The molecule has 1 heterocycles. The lowest BCUT2D eigenvalue weighted by atomic mass is 10.1. The molecule has 134 valence electrons. The van der Waals surface area contributed by atoms with Crippen LogP contribution in [0.15, 0.2) is 47.2 Å². The van der Waals surface area contributed by atoms with Crippen LogP contribution in [0.3, 0.4) is 0 Å². The van der Waals surface area contributed by atoms with E-state index in [0.29, 0.717) is 0 Å². The van der Waals surface area contributed by atoms with Gasteiger partial charge < -0.3 is 14.6 Å². The van der Waals surface area contributed by atoms with Gasteiger partial charge in [0.2, 0.25) is 0 Å². The molecule has 5 nitrogen and oxygen atoms in total. The minimum Gasteiger partial charge on any atom is -0.506 e. The third kappa shape index (κ3) is 2.84. The van der Waals surface area contributed by atoms with Gasteiger partial charge in [0.05, 0.1) is 21.4 Å². The lowest BCUT2D eigenvalue weighted by Gasteiger charge is -2.22. The lowest BCUT2D eigenvalue weighted by Crippen LogP contribution is -2.36. The molecule has 2 aromatic carbocycles. The van der Waals surface area contributed by atoms with Gasteiger partial charge in [-0.1, -0.05) is 35.3 Å². The zero-order valence-corrected chi connectivity index (χ0v) is 14.5. The van der Waals surface area contributed by atoms with Crippen molar-refractivity contribution in [2.45, 2.75) is 13.8 Å². The molecule has 0 aliphatic carbocycles. The van der Waals surface area contributed by atoms with Gasteiger partial charge in [0, 0.05) is 26.1 Å². The van der Waals surface area contributed by atoms with E-state index < -0.39 is 66.0 Å². The van der Waals surface area contributed by atoms with E-state index in [9.17, 15) is 14.7 Å². The summed E-state index contributed by atoms with van der Waals surface area (Å²) < 4.78 is 73.0. The maximum Gasteiger partial charge on any atom is 0.267 e. The Labute approximate surface area is 168 Å². The van der Waals surface area contributed by atoms with Crippen molar-refractivity contribution in [3.8, 4) is 5.75 Å². The normalized spacial score (nSPS) is 17.0. The summed E-state index contributed by atoms with van der Waals surface area (Å²) in [4.78, 5) is 26.7. The second-order valence-corrected chi connectivity index (χ2v) is 5.85. The van der Waals surface area contributed by atoms with Crippen LogP contribution < -0.4 is 10.5 Å². The fraction of sp³-hybridized carbons (Fsp3) is 0.200. The standard InChI is InChI=1S/C20H19ClN2O3/c1-4-23(13-10-8-12(2)9-11-13)20(26)17-18(24)16-14(21)6-5-7-15(16)22(3)19(17)25/h5-11,24H,4H2,1-3H3/i1D3,4D2,8D,9D,10D,11D. The van der Waals surface area contributed by atoms with Crippen LogP contribution in [-0.2, 0) is 7.05 Å². The summed E-state index contributed by atoms with van der Waals surface area (Å²) >= 11 is 6.16. The number of amides is 1. The number of aryl methyl sites for hydroxylation is 1. The molecule has 3 aromatic rings. The number of nitrogens with zero attached hydrogens (tertiary/aromatic N) is 2. The second-order valence-electron chi connectivity index (χ2n) is 5.45. The largest absolute Gasteiger partial charge is 0.506 e. The number of pyridine rings is 1. The molecule has 0 aliphatic rings. The number of aromatic nitrogens is 1. The van der Waals surface area contributed by atoms with E-state index in [-0.39, 0.29) is 26.4 Å². The molecule has 0 fully saturated rings. The highest BCUT2D eigenvalue weighted by atomic mass is 35.5. The zero-order valence-electron chi connectivity index (χ0n) is 22.8. The van der Waals surface area contributed by atoms with Crippen LogP contribution >= 0.6 is 11.6 Å². The first-order chi connectivity index (χ1) is 16.0. The predicted octanol–water partition coefficient (Wildman–Crippen LogP) is 3.87. The fourth-order valence-corrected chi connectivity index (χ4v) is 2.78. The lowest BCUT2D eigenvalue weighted by molar-refractivity contribution is 0.0984. The highest BCUT2D eigenvalue weighted by Gasteiger charge is 2.26. The highest BCUT2D eigenvalue weighted by Crippen LogP contribution is 2.33. The molecule has 3 rings (SSSR count). The number of carbonyl (C=O) groups excluding carboxylic acids is 1. The van der Waals surface area contributed by atoms with Gasteiger partial charge >= 0.3 is 0 Å². The number of carbonyl (C=O) groups is 1. The summed E-state index contributed by atoms with van der Waals surface area (Å²) in [5, 5.41) is 10.7. The van der Waals surface area contributed by atoms with Crippen LogP contribution in [0.4, 0.5) is 5.69 Å². The molecular weight excluding hydrogens is 352 g/mol. The Morgan fingerprint density at radius 2 is 2.08 bits per heavy atom. The quantitative estimate of drug-likeness (QED) is 0.751. The predicted molar refractivity (Wildman–Crippen MR) is 104 cm³/mol. The number of anilines is 1. The van der Waals surface area contributed by atoms with Gasteiger partial charge in [0.15, 0.2) is 0 Å². The molecule has 0 spiro atoms. The molecule has 0 radical (unpaired) electrons. The Bertz CT molecular complexity index is 1420. The minimum absolute atomic E-state index is 0.0605. The third-order valence-corrected chi connectivity index (χ3v) is 4.15. The van der Waals surface area contributed by atoms with Crippen molar-refractivity contribution < 1.29 is 22.2 Å². The number of benzene rings is 2. The summed E-state index contributed by atoms with van der Waals surface area (Å²) in [6.45, 7) is -5.93. The average Bonchev–Trinajstić information content (AvgIpc) is 2.76.